The molecule has 4 heteroatoms. The summed E-state index contributed by atoms with van der Waals surface area (Å²) in [7, 11) is 0. The maximum absolute atomic E-state index is 13.4. The van der Waals surface area contributed by atoms with E-state index < -0.39 is 5.41 Å². The van der Waals surface area contributed by atoms with E-state index in [2.05, 4.69) is 0 Å². The van der Waals surface area contributed by atoms with Crippen molar-refractivity contribution in [1.82, 2.24) is 0 Å². The van der Waals surface area contributed by atoms with E-state index in [-0.39, 0.29) is 23.5 Å². The predicted molar refractivity (Wildman–Crippen MR) is 137 cm³/mol. The van der Waals surface area contributed by atoms with Gasteiger partial charge in [0.2, 0.25) is 0 Å². The lowest BCUT2D eigenvalue weighted by Crippen LogP contribution is -2.43. The second-order valence-electron chi connectivity index (χ2n) is 9.13. The number of carbonyl (C=O) groups excluding carboxylic acids is 3. The van der Waals surface area contributed by atoms with Crippen LogP contribution in [-0.2, 0) is 19.7 Å². The largest absolute Gasteiger partial charge is 0.465 e. The second-order valence-corrected chi connectivity index (χ2v) is 9.13. The van der Waals surface area contributed by atoms with Crippen molar-refractivity contribution in [3.8, 4) is 0 Å². The van der Waals surface area contributed by atoms with Crippen LogP contribution in [0.1, 0.15) is 78.4 Å². The van der Waals surface area contributed by atoms with Gasteiger partial charge in [0.15, 0.2) is 5.78 Å². The summed E-state index contributed by atoms with van der Waals surface area (Å²) in [5.41, 5.74) is 2.49. The van der Waals surface area contributed by atoms with Crippen LogP contribution in [0.2, 0.25) is 0 Å². The molecule has 0 radical (unpaired) electrons. The van der Waals surface area contributed by atoms with E-state index in [0.29, 0.717) is 45.1 Å². The van der Waals surface area contributed by atoms with Gasteiger partial charge >= 0.3 is 5.97 Å². The maximum Gasteiger partial charge on any atom is 0.321 e. The van der Waals surface area contributed by atoms with E-state index >= 15 is 0 Å². The second kappa shape index (κ2) is 11.3. The average molecular weight is 469 g/mol. The molecule has 0 spiro atoms. The lowest BCUT2D eigenvalue weighted by atomic mass is 9.62. The highest BCUT2D eigenvalue weighted by molar-refractivity contribution is 5.96. The Bertz CT molecular complexity index is 1170. The van der Waals surface area contributed by atoms with Gasteiger partial charge in [-0.1, -0.05) is 84.9 Å². The Labute approximate surface area is 207 Å². The van der Waals surface area contributed by atoms with Crippen LogP contribution in [0.15, 0.2) is 84.9 Å². The number of fused-ring (bicyclic) bond motifs is 1. The van der Waals surface area contributed by atoms with Gasteiger partial charge in [0.25, 0.3) is 0 Å². The standard InChI is InChI=1S/C31H32O4/c1-2-35-30(34)31(24-15-7-4-8-16-24)22-21-26(25-17-9-10-18-27(25)31)29(33)20-12-11-19-28(32)23-13-5-3-6-14-23/h3-10,13-18,26H,2,11-12,19-22H2,1H3/t26-,31-/m0/s1. The van der Waals surface area contributed by atoms with Gasteiger partial charge in [-0.25, -0.2) is 0 Å². The van der Waals surface area contributed by atoms with Crippen LogP contribution in [0.4, 0.5) is 0 Å². The minimum atomic E-state index is -0.910. The number of ketones is 2. The number of carbonyl (C=O) groups is 3. The van der Waals surface area contributed by atoms with Gasteiger partial charge in [-0.2, -0.15) is 0 Å². The van der Waals surface area contributed by atoms with Crippen molar-refractivity contribution in [1.29, 1.82) is 0 Å². The molecule has 4 nitrogen and oxygen atoms in total. The van der Waals surface area contributed by atoms with Gasteiger partial charge < -0.3 is 4.74 Å². The van der Waals surface area contributed by atoms with Crippen LogP contribution in [0.3, 0.4) is 0 Å². The molecule has 0 saturated heterocycles. The highest BCUT2D eigenvalue weighted by atomic mass is 16.5. The first-order chi connectivity index (χ1) is 17.1. The quantitative estimate of drug-likeness (QED) is 0.196. The number of benzene rings is 3. The molecule has 0 bridgehead atoms. The van der Waals surface area contributed by atoms with Crippen molar-refractivity contribution in [2.45, 2.75) is 56.8 Å². The zero-order valence-electron chi connectivity index (χ0n) is 20.2. The third-order valence-corrected chi connectivity index (χ3v) is 7.06. The molecule has 0 heterocycles. The molecular weight excluding hydrogens is 436 g/mol. The molecule has 3 aromatic rings. The lowest BCUT2D eigenvalue weighted by Gasteiger charge is -2.40. The van der Waals surface area contributed by atoms with Crippen molar-refractivity contribution in [3.05, 3.63) is 107 Å². The van der Waals surface area contributed by atoms with Crippen molar-refractivity contribution in [3.63, 3.8) is 0 Å². The van der Waals surface area contributed by atoms with Crippen molar-refractivity contribution in [2.75, 3.05) is 6.61 Å². The zero-order chi connectivity index (χ0) is 24.7. The molecule has 0 N–H and O–H groups in total. The number of Topliss-reactive ketones (excluding diaryl/α,β-unsaturated/α-hetero) is 2. The van der Waals surface area contributed by atoms with E-state index in [1.807, 2.05) is 91.9 Å². The topological polar surface area (TPSA) is 60.4 Å². The first kappa shape index (κ1) is 24.6. The summed E-state index contributed by atoms with van der Waals surface area (Å²) < 4.78 is 5.57. The number of ether oxygens (including phenoxy) is 1. The Morgan fingerprint density at radius 3 is 2.17 bits per heavy atom. The van der Waals surface area contributed by atoms with Crippen molar-refractivity contribution in [2.24, 2.45) is 0 Å². The van der Waals surface area contributed by atoms with E-state index in [0.717, 1.165) is 22.3 Å². The van der Waals surface area contributed by atoms with Crippen molar-refractivity contribution >= 4 is 17.5 Å². The summed E-state index contributed by atoms with van der Waals surface area (Å²) in [5, 5.41) is 0. The van der Waals surface area contributed by atoms with Crippen LogP contribution in [0, 0.1) is 0 Å². The van der Waals surface area contributed by atoms with Crippen LogP contribution in [0.5, 0.6) is 0 Å². The smallest absolute Gasteiger partial charge is 0.321 e. The van der Waals surface area contributed by atoms with Crippen LogP contribution in [0.25, 0.3) is 0 Å². The summed E-state index contributed by atoms with van der Waals surface area (Å²) in [6.45, 7) is 2.12. The normalized spacial score (nSPS) is 18.9. The molecule has 0 aromatic heterocycles. The SMILES string of the molecule is CCOC(=O)[C@]1(c2ccccc2)CC[C@H](C(=O)CCCCC(=O)c2ccccc2)c2ccccc21. The van der Waals surface area contributed by atoms with Gasteiger partial charge in [0, 0.05) is 24.3 Å². The highest BCUT2D eigenvalue weighted by Gasteiger charge is 2.49. The zero-order valence-corrected chi connectivity index (χ0v) is 20.2. The molecule has 2 atom stereocenters. The monoisotopic (exact) mass is 468 g/mol. The Morgan fingerprint density at radius 1 is 0.829 bits per heavy atom. The minimum Gasteiger partial charge on any atom is -0.465 e. The van der Waals surface area contributed by atoms with Gasteiger partial charge in [-0.15, -0.1) is 0 Å². The average Bonchev–Trinajstić information content (AvgIpc) is 2.91. The number of unbranched alkanes of at least 4 members (excludes halogenated alkanes) is 1. The number of rotatable bonds is 10. The fourth-order valence-corrected chi connectivity index (χ4v) is 5.31. The van der Waals surface area contributed by atoms with Gasteiger partial charge in [0.1, 0.15) is 11.2 Å². The van der Waals surface area contributed by atoms with E-state index in [1.165, 1.54) is 0 Å². The van der Waals surface area contributed by atoms with Gasteiger partial charge in [0.05, 0.1) is 6.61 Å². The van der Waals surface area contributed by atoms with Crippen LogP contribution in [-0.4, -0.2) is 24.1 Å². The Kier molecular flexibility index (Phi) is 7.91. The van der Waals surface area contributed by atoms with Crippen LogP contribution < -0.4 is 0 Å². The van der Waals surface area contributed by atoms with Gasteiger partial charge in [-0.05, 0) is 49.3 Å². The molecule has 0 fully saturated rings. The first-order valence-corrected chi connectivity index (χ1v) is 12.5. The maximum atomic E-state index is 13.4. The fourth-order valence-electron chi connectivity index (χ4n) is 5.31. The summed E-state index contributed by atoms with van der Waals surface area (Å²) in [4.78, 5) is 39.1. The first-order valence-electron chi connectivity index (χ1n) is 12.5. The third kappa shape index (κ3) is 5.12. The van der Waals surface area contributed by atoms with E-state index in [1.54, 1.807) is 0 Å². The van der Waals surface area contributed by atoms with Gasteiger partial charge in [-0.3, -0.25) is 14.4 Å². The molecule has 0 aliphatic heterocycles. The van der Waals surface area contributed by atoms with E-state index in [9.17, 15) is 14.4 Å². The summed E-state index contributed by atoms with van der Waals surface area (Å²) in [5.74, 6) is -0.218. The molecule has 1 aliphatic rings. The molecule has 0 saturated carbocycles. The number of hydrogen-bond acceptors (Lipinski definition) is 4. The molecule has 180 valence electrons. The molecule has 0 amide bonds. The Hall–Kier alpha value is -3.53. The van der Waals surface area contributed by atoms with Crippen molar-refractivity contribution < 1.29 is 19.1 Å². The lowest BCUT2D eigenvalue weighted by molar-refractivity contribution is -0.149. The minimum absolute atomic E-state index is 0.114. The highest BCUT2D eigenvalue weighted by Crippen LogP contribution is 2.48. The molecule has 1 aliphatic carbocycles. The summed E-state index contributed by atoms with van der Waals surface area (Å²) in [6, 6.07) is 26.8. The molecular formula is C31H32O4. The summed E-state index contributed by atoms with van der Waals surface area (Å²) >= 11 is 0. The Morgan fingerprint density at radius 2 is 1.46 bits per heavy atom. The third-order valence-electron chi connectivity index (χ3n) is 7.06. The summed E-state index contributed by atoms with van der Waals surface area (Å²) in [6.07, 6.45) is 3.35. The predicted octanol–water partition coefficient (Wildman–Crippen LogP) is 6.43. The molecule has 4 rings (SSSR count). The number of hydrogen-bond donors (Lipinski definition) is 0. The molecule has 3 aromatic carbocycles. The number of esters is 1. The molecule has 0 unspecified atom stereocenters. The Balaban J connectivity index is 1.51. The fraction of sp³-hybridized carbons (Fsp3) is 0.323. The van der Waals surface area contributed by atoms with E-state index in [4.69, 9.17) is 4.74 Å². The van der Waals surface area contributed by atoms with Crippen LogP contribution >= 0.6 is 0 Å². The molecule has 35 heavy (non-hydrogen) atoms.